The van der Waals surface area contributed by atoms with Crippen molar-refractivity contribution >= 4 is 27.3 Å². The lowest BCUT2D eigenvalue weighted by molar-refractivity contribution is 0.122. The lowest BCUT2D eigenvalue weighted by Crippen LogP contribution is -2.37. The number of hydrogen-bond donors (Lipinski definition) is 0. The number of nitrogens with zero attached hydrogens (tertiary/aromatic N) is 2. The summed E-state index contributed by atoms with van der Waals surface area (Å²) >= 11 is 5.74. The van der Waals surface area contributed by atoms with Crippen LogP contribution in [0.4, 0.5) is 10.1 Å². The van der Waals surface area contributed by atoms with Crippen molar-refractivity contribution in [3.05, 3.63) is 58.9 Å². The minimum absolute atomic E-state index is 0.0322. The maximum absolute atomic E-state index is 13.3. The second kappa shape index (κ2) is 7.92. The fraction of sp³-hybridized carbons (Fsp3) is 0.333. The molecule has 0 aromatic heterocycles. The maximum Gasteiger partial charge on any atom is 0.243 e. The molecule has 0 aliphatic carbocycles. The number of para-hydroxylation sites is 1. The lowest BCUT2D eigenvalue weighted by atomic mass is 10.1. The van der Waals surface area contributed by atoms with Crippen molar-refractivity contribution in [3.63, 3.8) is 0 Å². The molecule has 1 aliphatic rings. The first-order chi connectivity index (χ1) is 12.4. The predicted molar refractivity (Wildman–Crippen MR) is 99.5 cm³/mol. The van der Waals surface area contributed by atoms with Gasteiger partial charge in [-0.05, 0) is 29.8 Å². The molecule has 1 saturated heterocycles. The molecule has 140 valence electrons. The highest BCUT2D eigenvalue weighted by molar-refractivity contribution is 7.89. The molecule has 1 heterocycles. The molecule has 0 amide bonds. The lowest BCUT2D eigenvalue weighted by Gasteiger charge is -2.31. The molecular formula is C18H20ClFN2O3S. The Morgan fingerprint density at radius 2 is 1.88 bits per heavy atom. The van der Waals surface area contributed by atoms with Crippen molar-refractivity contribution in [2.45, 2.75) is 11.4 Å². The van der Waals surface area contributed by atoms with Crippen LogP contribution in [0.2, 0.25) is 5.02 Å². The number of morpholine rings is 1. The van der Waals surface area contributed by atoms with E-state index < -0.39 is 15.8 Å². The Labute approximate surface area is 158 Å². The Morgan fingerprint density at radius 3 is 2.58 bits per heavy atom. The molecule has 2 aromatic rings. The van der Waals surface area contributed by atoms with E-state index in [4.69, 9.17) is 16.3 Å². The van der Waals surface area contributed by atoms with Crippen molar-refractivity contribution in [2.24, 2.45) is 0 Å². The molecule has 26 heavy (non-hydrogen) atoms. The minimum atomic E-state index is -3.78. The molecule has 2 aromatic carbocycles. The summed E-state index contributed by atoms with van der Waals surface area (Å²) in [5.41, 5.74) is 1.89. The van der Waals surface area contributed by atoms with Gasteiger partial charge in [0.2, 0.25) is 10.0 Å². The van der Waals surface area contributed by atoms with E-state index in [-0.39, 0.29) is 16.5 Å². The van der Waals surface area contributed by atoms with Crippen LogP contribution in [0.3, 0.4) is 0 Å². The normalized spacial score (nSPS) is 15.5. The van der Waals surface area contributed by atoms with Gasteiger partial charge in [0.15, 0.2) is 0 Å². The molecule has 0 unspecified atom stereocenters. The zero-order valence-corrected chi connectivity index (χ0v) is 15.9. The number of sulfonamides is 1. The van der Waals surface area contributed by atoms with Gasteiger partial charge in [-0.15, -0.1) is 0 Å². The average molecular weight is 399 g/mol. The van der Waals surface area contributed by atoms with E-state index in [2.05, 4.69) is 4.90 Å². The summed E-state index contributed by atoms with van der Waals surface area (Å²) < 4.78 is 45.6. The van der Waals surface area contributed by atoms with Gasteiger partial charge in [-0.1, -0.05) is 29.8 Å². The zero-order valence-electron chi connectivity index (χ0n) is 14.4. The third-order valence-electron chi connectivity index (χ3n) is 4.34. The first-order valence-corrected chi connectivity index (χ1v) is 10.0. The van der Waals surface area contributed by atoms with Gasteiger partial charge in [-0.25, -0.2) is 12.8 Å². The maximum atomic E-state index is 13.3. The quantitative estimate of drug-likeness (QED) is 0.776. The number of ether oxygens (including phenoxy) is 1. The Hall–Kier alpha value is -1.67. The first kappa shape index (κ1) is 19.1. The van der Waals surface area contributed by atoms with Crippen LogP contribution >= 0.6 is 11.6 Å². The molecule has 0 atom stereocenters. The smallest absolute Gasteiger partial charge is 0.243 e. The predicted octanol–water partition coefficient (Wildman–Crippen LogP) is 3.14. The first-order valence-electron chi connectivity index (χ1n) is 8.21. The van der Waals surface area contributed by atoms with Crippen molar-refractivity contribution in [2.75, 3.05) is 38.3 Å². The molecule has 5 nitrogen and oxygen atoms in total. The number of anilines is 1. The van der Waals surface area contributed by atoms with Crippen LogP contribution in [0.5, 0.6) is 0 Å². The standard InChI is InChI=1S/C18H20ClFN2O3S/c1-21(26(23,24)15-6-7-17(20)16(19)12-15)13-14-4-2-3-5-18(14)22-8-10-25-11-9-22/h2-7,12H,8-11,13H2,1H3. The van der Waals surface area contributed by atoms with Gasteiger partial charge in [0.05, 0.1) is 23.1 Å². The topological polar surface area (TPSA) is 49.9 Å². The summed E-state index contributed by atoms with van der Waals surface area (Å²) in [6.07, 6.45) is 0. The SMILES string of the molecule is CN(Cc1ccccc1N1CCOCC1)S(=O)(=O)c1ccc(F)c(Cl)c1. The van der Waals surface area contributed by atoms with Gasteiger partial charge in [-0.3, -0.25) is 0 Å². The van der Waals surface area contributed by atoms with E-state index in [0.29, 0.717) is 13.2 Å². The number of benzene rings is 2. The molecule has 0 bridgehead atoms. The second-order valence-electron chi connectivity index (χ2n) is 6.07. The summed E-state index contributed by atoms with van der Waals surface area (Å²) in [5, 5.41) is -0.215. The highest BCUT2D eigenvalue weighted by atomic mass is 35.5. The summed E-state index contributed by atoms with van der Waals surface area (Å²) in [7, 11) is -2.28. The van der Waals surface area contributed by atoms with Gasteiger partial charge >= 0.3 is 0 Å². The van der Waals surface area contributed by atoms with Gasteiger partial charge < -0.3 is 9.64 Å². The third kappa shape index (κ3) is 4.01. The van der Waals surface area contributed by atoms with Crippen LogP contribution in [-0.4, -0.2) is 46.1 Å². The van der Waals surface area contributed by atoms with E-state index in [1.807, 2.05) is 24.3 Å². The summed E-state index contributed by atoms with van der Waals surface area (Å²) in [5.74, 6) is -0.647. The van der Waals surface area contributed by atoms with Gasteiger partial charge in [-0.2, -0.15) is 4.31 Å². The molecule has 1 fully saturated rings. The van der Waals surface area contributed by atoms with Gasteiger partial charge in [0.25, 0.3) is 0 Å². The van der Waals surface area contributed by atoms with Crippen molar-refractivity contribution < 1.29 is 17.5 Å². The third-order valence-corrected chi connectivity index (χ3v) is 6.42. The molecule has 3 rings (SSSR count). The molecule has 0 saturated carbocycles. The molecule has 0 spiro atoms. The van der Waals surface area contributed by atoms with Crippen LogP contribution < -0.4 is 4.90 Å². The Balaban J connectivity index is 1.85. The minimum Gasteiger partial charge on any atom is -0.378 e. The molecule has 0 radical (unpaired) electrons. The number of rotatable bonds is 5. The molecule has 1 aliphatic heterocycles. The fourth-order valence-corrected chi connectivity index (χ4v) is 4.32. The van der Waals surface area contributed by atoms with E-state index in [1.165, 1.54) is 17.4 Å². The van der Waals surface area contributed by atoms with Gasteiger partial charge in [0.1, 0.15) is 5.82 Å². The Morgan fingerprint density at radius 1 is 1.19 bits per heavy atom. The monoisotopic (exact) mass is 398 g/mol. The summed E-state index contributed by atoms with van der Waals surface area (Å²) in [4.78, 5) is 2.16. The van der Waals surface area contributed by atoms with E-state index >= 15 is 0 Å². The highest BCUT2D eigenvalue weighted by Crippen LogP contribution is 2.26. The average Bonchev–Trinajstić information content (AvgIpc) is 2.65. The molecule has 0 N–H and O–H groups in total. The van der Waals surface area contributed by atoms with Crippen molar-refractivity contribution in [1.82, 2.24) is 4.31 Å². The van der Waals surface area contributed by atoms with Crippen molar-refractivity contribution in [3.8, 4) is 0 Å². The van der Waals surface area contributed by atoms with Crippen LogP contribution in [0, 0.1) is 5.82 Å². The van der Waals surface area contributed by atoms with Crippen LogP contribution in [0.1, 0.15) is 5.56 Å². The van der Waals surface area contributed by atoms with Crippen LogP contribution in [-0.2, 0) is 21.3 Å². The van der Waals surface area contributed by atoms with Gasteiger partial charge in [0, 0.05) is 32.4 Å². The second-order valence-corrected chi connectivity index (χ2v) is 8.52. The fourth-order valence-electron chi connectivity index (χ4n) is 2.90. The largest absolute Gasteiger partial charge is 0.378 e. The van der Waals surface area contributed by atoms with Crippen LogP contribution in [0.15, 0.2) is 47.4 Å². The summed E-state index contributed by atoms with van der Waals surface area (Å²) in [6, 6.07) is 11.1. The Bertz CT molecular complexity index is 886. The number of hydrogen-bond acceptors (Lipinski definition) is 4. The van der Waals surface area contributed by atoms with E-state index in [9.17, 15) is 12.8 Å². The molecule has 8 heteroatoms. The molecular weight excluding hydrogens is 379 g/mol. The van der Waals surface area contributed by atoms with Crippen molar-refractivity contribution in [1.29, 1.82) is 0 Å². The van der Waals surface area contributed by atoms with Crippen LogP contribution in [0.25, 0.3) is 0 Å². The summed E-state index contributed by atoms with van der Waals surface area (Å²) in [6.45, 7) is 3.03. The van der Waals surface area contributed by atoms with E-state index in [0.717, 1.165) is 36.5 Å². The highest BCUT2D eigenvalue weighted by Gasteiger charge is 2.24. The number of halogens is 2. The van der Waals surface area contributed by atoms with E-state index in [1.54, 1.807) is 0 Å². The Kier molecular flexibility index (Phi) is 5.82. The zero-order chi connectivity index (χ0) is 18.7.